The molecular weight excluding hydrogens is 292 g/mol. The Morgan fingerprint density at radius 1 is 1.31 bits per heavy atom. The monoisotopic (exact) mass is 300 g/mol. The van der Waals surface area contributed by atoms with Gasteiger partial charge in [0.15, 0.2) is 0 Å². The highest BCUT2D eigenvalue weighted by molar-refractivity contribution is 9.10. The normalized spacial score (nSPS) is 17.7. The Morgan fingerprint density at radius 2 is 2.12 bits per heavy atom. The van der Waals surface area contributed by atoms with Crippen molar-refractivity contribution in [2.75, 3.05) is 0 Å². The lowest BCUT2D eigenvalue weighted by atomic mass is 10.3. The van der Waals surface area contributed by atoms with Crippen LogP contribution >= 0.6 is 15.9 Å². The minimum Gasteiger partial charge on any atom is -0.269 e. The molecule has 0 spiro atoms. The molecule has 0 fully saturated rings. The molecule has 0 radical (unpaired) electrons. The third-order valence-corrected chi connectivity index (χ3v) is 3.88. The minimum atomic E-state index is -3.31. The van der Waals surface area contributed by atoms with Gasteiger partial charge in [0.1, 0.15) is 0 Å². The molecule has 0 aliphatic carbocycles. The van der Waals surface area contributed by atoms with E-state index in [2.05, 4.69) is 20.9 Å². The fourth-order valence-electron chi connectivity index (χ4n) is 1.32. The van der Waals surface area contributed by atoms with Crippen molar-refractivity contribution in [3.63, 3.8) is 0 Å². The summed E-state index contributed by atoms with van der Waals surface area (Å²) in [6.45, 7) is 0.287. The quantitative estimate of drug-likeness (QED) is 0.839. The van der Waals surface area contributed by atoms with Crippen molar-refractivity contribution in [2.24, 2.45) is 0 Å². The SMILES string of the molecule is O=S1(=O)C=CC=CN1Cc1cncc(Br)c1. The number of pyridine rings is 1. The van der Waals surface area contributed by atoms with Crippen LogP contribution in [0.15, 0.2) is 46.7 Å². The van der Waals surface area contributed by atoms with Crippen molar-refractivity contribution >= 4 is 26.0 Å². The van der Waals surface area contributed by atoms with Gasteiger partial charge in [-0.1, -0.05) is 0 Å². The number of sulfonamides is 1. The molecule has 16 heavy (non-hydrogen) atoms. The molecule has 84 valence electrons. The molecule has 0 saturated carbocycles. The number of hydrogen-bond acceptors (Lipinski definition) is 3. The lowest BCUT2D eigenvalue weighted by Gasteiger charge is -2.19. The number of nitrogens with zero attached hydrogens (tertiary/aromatic N) is 2. The van der Waals surface area contributed by atoms with Crippen molar-refractivity contribution in [1.82, 2.24) is 9.29 Å². The van der Waals surface area contributed by atoms with Crippen LogP contribution in [0.5, 0.6) is 0 Å². The number of hydrogen-bond donors (Lipinski definition) is 0. The fraction of sp³-hybridized carbons (Fsp3) is 0.100. The van der Waals surface area contributed by atoms with Gasteiger partial charge < -0.3 is 0 Å². The Hall–Kier alpha value is -1.14. The molecule has 0 aromatic carbocycles. The summed E-state index contributed by atoms with van der Waals surface area (Å²) in [5.74, 6) is 0. The van der Waals surface area contributed by atoms with Crippen molar-refractivity contribution in [2.45, 2.75) is 6.54 Å². The first-order valence-corrected chi connectivity index (χ1v) is 6.84. The fourth-order valence-corrected chi connectivity index (χ4v) is 2.75. The van der Waals surface area contributed by atoms with Gasteiger partial charge in [-0.25, -0.2) is 8.42 Å². The van der Waals surface area contributed by atoms with Gasteiger partial charge in [0.25, 0.3) is 10.0 Å². The third kappa shape index (κ3) is 2.51. The lowest BCUT2D eigenvalue weighted by Crippen LogP contribution is -2.24. The van der Waals surface area contributed by atoms with E-state index in [4.69, 9.17) is 0 Å². The molecular formula is C10H9BrN2O2S. The van der Waals surface area contributed by atoms with Gasteiger partial charge in [-0.2, -0.15) is 0 Å². The Kier molecular flexibility index (Phi) is 3.11. The number of rotatable bonds is 2. The van der Waals surface area contributed by atoms with Gasteiger partial charge in [-0.3, -0.25) is 9.29 Å². The molecule has 0 unspecified atom stereocenters. The van der Waals surface area contributed by atoms with Crippen LogP contribution in [0.25, 0.3) is 0 Å². The summed E-state index contributed by atoms with van der Waals surface area (Å²) < 4.78 is 25.4. The topological polar surface area (TPSA) is 50.3 Å². The van der Waals surface area contributed by atoms with E-state index in [0.717, 1.165) is 10.0 Å². The van der Waals surface area contributed by atoms with E-state index in [0.29, 0.717) is 0 Å². The number of halogens is 1. The molecule has 1 aromatic rings. The second-order valence-corrected chi connectivity index (χ2v) is 5.96. The molecule has 0 N–H and O–H groups in total. The average molecular weight is 301 g/mol. The van der Waals surface area contributed by atoms with E-state index in [1.807, 2.05) is 6.07 Å². The Bertz CT molecular complexity index is 552. The molecule has 0 atom stereocenters. The number of aromatic nitrogens is 1. The van der Waals surface area contributed by atoms with Crippen LogP contribution in [0, 0.1) is 0 Å². The molecule has 1 aliphatic heterocycles. The highest BCUT2D eigenvalue weighted by Gasteiger charge is 2.17. The maximum absolute atomic E-state index is 11.6. The summed E-state index contributed by atoms with van der Waals surface area (Å²) in [5.41, 5.74) is 0.831. The molecule has 0 amide bonds. The minimum absolute atomic E-state index is 0.287. The Labute approximate surface area is 102 Å². The molecule has 0 saturated heterocycles. The molecule has 0 bridgehead atoms. The van der Waals surface area contributed by atoms with E-state index in [1.54, 1.807) is 18.5 Å². The van der Waals surface area contributed by atoms with E-state index in [9.17, 15) is 8.42 Å². The molecule has 2 heterocycles. The van der Waals surface area contributed by atoms with E-state index < -0.39 is 10.0 Å². The Morgan fingerprint density at radius 3 is 2.81 bits per heavy atom. The van der Waals surface area contributed by atoms with E-state index >= 15 is 0 Å². The highest BCUT2D eigenvalue weighted by atomic mass is 79.9. The third-order valence-electron chi connectivity index (χ3n) is 2.04. The largest absolute Gasteiger partial charge is 0.269 e. The average Bonchev–Trinajstić information content (AvgIpc) is 2.21. The zero-order valence-electron chi connectivity index (χ0n) is 8.25. The Balaban J connectivity index is 2.23. The zero-order chi connectivity index (χ0) is 11.6. The van der Waals surface area contributed by atoms with Crippen LogP contribution in [0.4, 0.5) is 0 Å². The summed E-state index contributed by atoms with van der Waals surface area (Å²) in [6.07, 6.45) is 8.03. The van der Waals surface area contributed by atoms with Crippen LogP contribution < -0.4 is 0 Å². The zero-order valence-corrected chi connectivity index (χ0v) is 10.6. The summed E-state index contributed by atoms with van der Waals surface area (Å²) in [7, 11) is -3.31. The maximum Gasteiger partial charge on any atom is 0.257 e. The summed E-state index contributed by atoms with van der Waals surface area (Å²) in [4.78, 5) is 3.99. The standard InChI is InChI=1S/C10H9BrN2O2S/c11-10-5-9(6-12-7-10)8-13-3-1-2-4-16(13,14)15/h1-7H,8H2. The van der Waals surface area contributed by atoms with E-state index in [1.165, 1.54) is 22.0 Å². The molecule has 4 nitrogen and oxygen atoms in total. The van der Waals surface area contributed by atoms with Gasteiger partial charge in [-0.15, -0.1) is 0 Å². The summed E-state index contributed by atoms with van der Waals surface area (Å²) >= 11 is 3.29. The van der Waals surface area contributed by atoms with Gasteiger partial charge in [0, 0.05) is 23.1 Å². The predicted molar refractivity (Wildman–Crippen MR) is 64.7 cm³/mol. The first-order chi connectivity index (χ1) is 7.58. The first-order valence-electron chi connectivity index (χ1n) is 4.54. The lowest BCUT2D eigenvalue weighted by molar-refractivity contribution is 0.502. The summed E-state index contributed by atoms with van der Waals surface area (Å²) in [5, 5.41) is 1.18. The second kappa shape index (κ2) is 4.39. The van der Waals surface area contributed by atoms with E-state index in [-0.39, 0.29) is 6.54 Å². The number of allylic oxidation sites excluding steroid dienone is 2. The van der Waals surface area contributed by atoms with Crippen molar-refractivity contribution < 1.29 is 8.42 Å². The van der Waals surface area contributed by atoms with Crippen molar-refractivity contribution in [3.8, 4) is 0 Å². The molecule has 1 aliphatic rings. The van der Waals surface area contributed by atoms with Crippen LogP contribution in [0.1, 0.15) is 5.56 Å². The van der Waals surface area contributed by atoms with Gasteiger partial charge >= 0.3 is 0 Å². The predicted octanol–water partition coefficient (Wildman–Crippen LogP) is 2.02. The first kappa shape index (κ1) is 11.3. The summed E-state index contributed by atoms with van der Waals surface area (Å²) in [6, 6.07) is 1.84. The van der Waals surface area contributed by atoms with Crippen LogP contribution in [0.3, 0.4) is 0 Å². The molecule has 1 aromatic heterocycles. The van der Waals surface area contributed by atoms with Crippen LogP contribution in [-0.2, 0) is 16.6 Å². The van der Waals surface area contributed by atoms with Gasteiger partial charge in [0.2, 0.25) is 0 Å². The van der Waals surface area contributed by atoms with Crippen LogP contribution in [0.2, 0.25) is 0 Å². The van der Waals surface area contributed by atoms with Crippen molar-refractivity contribution in [1.29, 1.82) is 0 Å². The smallest absolute Gasteiger partial charge is 0.257 e. The second-order valence-electron chi connectivity index (χ2n) is 3.27. The molecule has 2 rings (SSSR count). The highest BCUT2D eigenvalue weighted by Crippen LogP contribution is 2.16. The molecule has 6 heteroatoms. The maximum atomic E-state index is 11.6. The van der Waals surface area contributed by atoms with Gasteiger partial charge in [-0.05, 0) is 39.7 Å². The van der Waals surface area contributed by atoms with Gasteiger partial charge in [0.05, 0.1) is 12.0 Å². The van der Waals surface area contributed by atoms with Crippen molar-refractivity contribution in [3.05, 3.63) is 52.3 Å². The van der Waals surface area contributed by atoms with Crippen LogP contribution in [-0.4, -0.2) is 17.7 Å².